The molecule has 2 rings (SSSR count). The smallest absolute Gasteiger partial charge is 0.407 e. The number of nitrogens with one attached hydrogen (secondary N) is 1. The van der Waals surface area contributed by atoms with Crippen molar-refractivity contribution >= 4 is 17.7 Å². The van der Waals surface area contributed by atoms with Gasteiger partial charge in [0.05, 0.1) is 11.4 Å². The van der Waals surface area contributed by atoms with Crippen LogP contribution in [0.15, 0.2) is 30.5 Å². The molecule has 2 aromatic rings. The molecule has 0 radical (unpaired) electrons. The number of ether oxygens (including phenoxy) is 1. The van der Waals surface area contributed by atoms with E-state index in [9.17, 15) is 4.79 Å². The summed E-state index contributed by atoms with van der Waals surface area (Å²) in [5, 5.41) is 7.86. The first-order valence-corrected chi connectivity index (χ1v) is 7.40. The number of aromatic nitrogens is 2. The number of nitrogens with zero attached hydrogens (tertiary/aromatic N) is 2. The van der Waals surface area contributed by atoms with Crippen molar-refractivity contribution in [2.75, 3.05) is 0 Å². The lowest BCUT2D eigenvalue weighted by Crippen LogP contribution is -2.32. The molecule has 0 atom stereocenters. The second-order valence-corrected chi connectivity index (χ2v) is 6.45. The van der Waals surface area contributed by atoms with Crippen molar-refractivity contribution in [3.8, 4) is 5.69 Å². The van der Waals surface area contributed by atoms with Crippen LogP contribution in [-0.2, 0) is 11.3 Å². The van der Waals surface area contributed by atoms with Crippen molar-refractivity contribution in [1.82, 2.24) is 15.1 Å². The number of alkyl carbamates (subject to hydrolysis) is 1. The Kier molecular flexibility index (Phi) is 4.76. The van der Waals surface area contributed by atoms with Crippen LogP contribution in [-0.4, -0.2) is 21.5 Å². The molecule has 5 nitrogen and oxygen atoms in total. The Hall–Kier alpha value is -2.01. The molecule has 1 amide bonds. The Morgan fingerprint density at radius 3 is 2.55 bits per heavy atom. The van der Waals surface area contributed by atoms with Crippen LogP contribution >= 0.6 is 11.6 Å². The number of rotatable bonds is 3. The monoisotopic (exact) mass is 321 g/mol. The average Bonchev–Trinajstić information content (AvgIpc) is 2.77. The molecule has 0 aliphatic rings. The highest BCUT2D eigenvalue weighted by atomic mass is 35.5. The molecule has 0 saturated heterocycles. The largest absolute Gasteiger partial charge is 0.444 e. The maximum Gasteiger partial charge on any atom is 0.407 e. The van der Waals surface area contributed by atoms with Crippen LogP contribution in [0.2, 0.25) is 5.02 Å². The number of carbonyl (C=O) groups excluding carboxylic acids is 1. The van der Waals surface area contributed by atoms with E-state index in [1.807, 2.05) is 58.2 Å². The third-order valence-corrected chi connectivity index (χ3v) is 3.17. The molecule has 118 valence electrons. The summed E-state index contributed by atoms with van der Waals surface area (Å²) in [6, 6.07) is 7.40. The van der Waals surface area contributed by atoms with E-state index in [-0.39, 0.29) is 0 Å². The Morgan fingerprint density at radius 1 is 1.32 bits per heavy atom. The Morgan fingerprint density at radius 2 is 1.95 bits per heavy atom. The van der Waals surface area contributed by atoms with Gasteiger partial charge >= 0.3 is 6.09 Å². The molecule has 0 bridgehead atoms. The van der Waals surface area contributed by atoms with E-state index >= 15 is 0 Å². The normalized spacial score (nSPS) is 11.3. The predicted octanol–water partition coefficient (Wildman–Crippen LogP) is 3.86. The molecular formula is C16H20ClN3O2. The second kappa shape index (κ2) is 6.40. The van der Waals surface area contributed by atoms with Crippen molar-refractivity contribution in [1.29, 1.82) is 0 Å². The fourth-order valence-corrected chi connectivity index (χ4v) is 2.00. The van der Waals surface area contributed by atoms with Crippen LogP contribution in [0, 0.1) is 6.92 Å². The minimum absolute atomic E-state index is 0.369. The summed E-state index contributed by atoms with van der Waals surface area (Å²) in [5.74, 6) is 0. The van der Waals surface area contributed by atoms with E-state index in [0.29, 0.717) is 11.6 Å². The van der Waals surface area contributed by atoms with Crippen molar-refractivity contribution in [3.63, 3.8) is 0 Å². The van der Waals surface area contributed by atoms with E-state index < -0.39 is 11.7 Å². The molecule has 0 unspecified atom stereocenters. The second-order valence-electron chi connectivity index (χ2n) is 6.02. The highest BCUT2D eigenvalue weighted by molar-refractivity contribution is 6.30. The van der Waals surface area contributed by atoms with Crippen LogP contribution in [0.5, 0.6) is 0 Å². The molecule has 1 aromatic carbocycles. The zero-order chi connectivity index (χ0) is 16.3. The molecule has 22 heavy (non-hydrogen) atoms. The number of amides is 1. The summed E-state index contributed by atoms with van der Waals surface area (Å²) < 4.78 is 6.97. The van der Waals surface area contributed by atoms with Crippen LogP contribution in [0.1, 0.15) is 32.0 Å². The highest BCUT2D eigenvalue weighted by Crippen LogP contribution is 2.15. The summed E-state index contributed by atoms with van der Waals surface area (Å²) in [7, 11) is 0. The van der Waals surface area contributed by atoms with E-state index in [1.54, 1.807) is 4.68 Å². The Bertz CT molecular complexity index is 657. The first kappa shape index (κ1) is 16.4. The Balaban J connectivity index is 2.04. The summed E-state index contributed by atoms with van der Waals surface area (Å²) in [4.78, 5) is 11.7. The van der Waals surface area contributed by atoms with Gasteiger partial charge in [-0.1, -0.05) is 11.6 Å². The van der Waals surface area contributed by atoms with E-state index in [4.69, 9.17) is 16.3 Å². The topological polar surface area (TPSA) is 56.2 Å². The standard InChI is InChI=1S/C16H20ClN3O2/c1-11-12(9-18-15(21)22-16(2,3)4)10-20(19-11)14-7-5-13(17)6-8-14/h5-8,10H,9H2,1-4H3,(H,18,21). The van der Waals surface area contributed by atoms with Crippen LogP contribution in [0.4, 0.5) is 4.79 Å². The summed E-state index contributed by atoms with van der Waals surface area (Å²) in [5.41, 5.74) is 2.19. The van der Waals surface area contributed by atoms with Crippen LogP contribution < -0.4 is 5.32 Å². The molecule has 1 N–H and O–H groups in total. The maximum atomic E-state index is 11.7. The van der Waals surface area contributed by atoms with Gasteiger partial charge in [0.2, 0.25) is 0 Å². The molecule has 0 aliphatic heterocycles. The highest BCUT2D eigenvalue weighted by Gasteiger charge is 2.16. The minimum atomic E-state index is -0.507. The van der Waals surface area contributed by atoms with Gasteiger partial charge < -0.3 is 10.1 Å². The molecular weight excluding hydrogens is 302 g/mol. The zero-order valence-electron chi connectivity index (χ0n) is 13.2. The number of aryl methyl sites for hydroxylation is 1. The number of carbonyl (C=O) groups is 1. The lowest BCUT2D eigenvalue weighted by atomic mass is 10.2. The first-order valence-electron chi connectivity index (χ1n) is 7.02. The van der Waals surface area contributed by atoms with Crippen LogP contribution in [0.25, 0.3) is 5.69 Å². The Labute approximate surface area is 135 Å². The fourth-order valence-electron chi connectivity index (χ4n) is 1.88. The van der Waals surface area contributed by atoms with E-state index in [2.05, 4.69) is 10.4 Å². The van der Waals surface area contributed by atoms with Gasteiger partial charge in [-0.2, -0.15) is 5.10 Å². The van der Waals surface area contributed by atoms with Gasteiger partial charge in [-0.3, -0.25) is 0 Å². The average molecular weight is 322 g/mol. The predicted molar refractivity (Wildman–Crippen MR) is 86.4 cm³/mol. The fraction of sp³-hybridized carbons (Fsp3) is 0.375. The summed E-state index contributed by atoms with van der Waals surface area (Å²) in [6.07, 6.45) is 1.45. The van der Waals surface area contributed by atoms with Gasteiger partial charge in [-0.25, -0.2) is 9.48 Å². The molecule has 0 fully saturated rings. The lowest BCUT2D eigenvalue weighted by molar-refractivity contribution is 0.0523. The maximum absolute atomic E-state index is 11.7. The first-order chi connectivity index (χ1) is 10.2. The van der Waals surface area contributed by atoms with Crippen LogP contribution in [0.3, 0.4) is 0 Å². The van der Waals surface area contributed by atoms with Gasteiger partial charge in [-0.15, -0.1) is 0 Å². The van der Waals surface area contributed by atoms with Crippen molar-refractivity contribution in [3.05, 3.63) is 46.7 Å². The minimum Gasteiger partial charge on any atom is -0.444 e. The van der Waals surface area contributed by atoms with Gasteiger partial charge in [0.25, 0.3) is 0 Å². The van der Waals surface area contributed by atoms with Gasteiger partial charge in [-0.05, 0) is 52.0 Å². The van der Waals surface area contributed by atoms with Crippen molar-refractivity contribution in [2.24, 2.45) is 0 Å². The third kappa shape index (κ3) is 4.49. The molecule has 0 aliphatic carbocycles. The van der Waals surface area contributed by atoms with E-state index in [0.717, 1.165) is 16.9 Å². The summed E-state index contributed by atoms with van der Waals surface area (Å²) >= 11 is 5.88. The van der Waals surface area contributed by atoms with Gasteiger partial charge in [0.1, 0.15) is 5.60 Å². The van der Waals surface area contributed by atoms with Crippen molar-refractivity contribution < 1.29 is 9.53 Å². The zero-order valence-corrected chi connectivity index (χ0v) is 13.9. The number of benzene rings is 1. The molecule has 6 heteroatoms. The molecule has 1 aromatic heterocycles. The van der Waals surface area contributed by atoms with Crippen molar-refractivity contribution in [2.45, 2.75) is 39.8 Å². The molecule has 1 heterocycles. The van der Waals surface area contributed by atoms with Gasteiger partial charge in [0, 0.05) is 23.3 Å². The molecule has 0 spiro atoms. The SMILES string of the molecule is Cc1nn(-c2ccc(Cl)cc2)cc1CNC(=O)OC(C)(C)C. The summed E-state index contributed by atoms with van der Waals surface area (Å²) in [6.45, 7) is 7.76. The lowest BCUT2D eigenvalue weighted by Gasteiger charge is -2.19. The number of hydrogen-bond acceptors (Lipinski definition) is 3. The molecule has 0 saturated carbocycles. The van der Waals surface area contributed by atoms with E-state index in [1.165, 1.54) is 0 Å². The van der Waals surface area contributed by atoms with Gasteiger partial charge in [0.15, 0.2) is 0 Å². The number of halogens is 1. The quantitative estimate of drug-likeness (QED) is 0.934. The third-order valence-electron chi connectivity index (χ3n) is 2.91. The number of hydrogen-bond donors (Lipinski definition) is 1.